The van der Waals surface area contributed by atoms with Crippen LogP contribution < -0.4 is 0 Å². The predicted octanol–water partition coefficient (Wildman–Crippen LogP) is 3.62. The molecule has 0 spiro atoms. The predicted molar refractivity (Wildman–Crippen MR) is 117 cm³/mol. The molecule has 1 aliphatic carbocycles. The van der Waals surface area contributed by atoms with Crippen LogP contribution in [-0.2, 0) is 14.8 Å². The zero-order valence-corrected chi connectivity index (χ0v) is 17.8. The first kappa shape index (κ1) is 20.2. The van der Waals surface area contributed by atoms with Crippen LogP contribution in [0.5, 0.6) is 0 Å². The largest absolute Gasteiger partial charge is 0.340 e. The molecule has 2 unspecified atom stereocenters. The number of sulfonamides is 1. The van der Waals surface area contributed by atoms with Crippen LogP contribution in [0.3, 0.4) is 0 Å². The fourth-order valence-corrected chi connectivity index (χ4v) is 5.91. The minimum absolute atomic E-state index is 0.00370. The Morgan fingerprint density at radius 3 is 2.29 bits per heavy atom. The first-order chi connectivity index (χ1) is 14.9. The maximum atomic E-state index is 14.0. The second-order valence-corrected chi connectivity index (χ2v) is 10.1. The van der Waals surface area contributed by atoms with Gasteiger partial charge in [-0.25, -0.2) is 12.8 Å². The van der Waals surface area contributed by atoms with Crippen molar-refractivity contribution in [3.05, 3.63) is 78.1 Å². The van der Waals surface area contributed by atoms with Gasteiger partial charge in [0, 0.05) is 32.1 Å². The molecule has 31 heavy (non-hydrogen) atoms. The van der Waals surface area contributed by atoms with Crippen molar-refractivity contribution in [2.24, 2.45) is 5.92 Å². The Kier molecular flexibility index (Phi) is 5.02. The second kappa shape index (κ2) is 7.73. The molecule has 0 aromatic heterocycles. The lowest BCUT2D eigenvalue weighted by atomic mass is 10.1. The number of benzene rings is 3. The van der Waals surface area contributed by atoms with Gasteiger partial charge in [-0.2, -0.15) is 4.31 Å². The fraction of sp³-hybridized carbons (Fsp3) is 0.292. The Hall–Kier alpha value is -2.77. The van der Waals surface area contributed by atoms with Crippen LogP contribution in [0, 0.1) is 11.7 Å². The number of hydrogen-bond donors (Lipinski definition) is 0. The first-order valence-electron chi connectivity index (χ1n) is 10.5. The summed E-state index contributed by atoms with van der Waals surface area (Å²) in [5.41, 5.74) is 0.596. The summed E-state index contributed by atoms with van der Waals surface area (Å²) in [6.07, 6.45) is 0.648. The van der Waals surface area contributed by atoms with Crippen molar-refractivity contribution >= 4 is 26.7 Å². The van der Waals surface area contributed by atoms with E-state index in [4.69, 9.17) is 0 Å². The lowest BCUT2D eigenvalue weighted by Crippen LogP contribution is -2.51. The van der Waals surface area contributed by atoms with E-state index in [1.165, 1.54) is 10.4 Å². The molecule has 0 radical (unpaired) electrons. The first-order valence-corrected chi connectivity index (χ1v) is 11.9. The number of halogens is 1. The van der Waals surface area contributed by atoms with Crippen LogP contribution in [0.4, 0.5) is 4.39 Å². The molecule has 0 N–H and O–H groups in total. The third kappa shape index (κ3) is 3.72. The third-order valence-electron chi connectivity index (χ3n) is 6.32. The highest BCUT2D eigenvalue weighted by Crippen LogP contribution is 2.49. The van der Waals surface area contributed by atoms with E-state index >= 15 is 0 Å². The third-order valence-corrected chi connectivity index (χ3v) is 8.22. The molecule has 1 heterocycles. The van der Waals surface area contributed by atoms with Crippen molar-refractivity contribution < 1.29 is 17.6 Å². The van der Waals surface area contributed by atoms with Gasteiger partial charge >= 0.3 is 0 Å². The SMILES string of the molecule is O=C(C1CC1c1ccccc1F)N1CCN(S(=O)(=O)c2ccc3ccccc3c2)CC1. The van der Waals surface area contributed by atoms with Gasteiger partial charge in [-0.15, -0.1) is 0 Å². The quantitative estimate of drug-likeness (QED) is 0.625. The van der Waals surface area contributed by atoms with E-state index in [-0.39, 0.29) is 41.5 Å². The van der Waals surface area contributed by atoms with Gasteiger partial charge in [0.2, 0.25) is 15.9 Å². The normalized spacial score (nSPS) is 21.9. The standard InChI is InChI=1S/C24H23FN2O3S/c25-23-8-4-3-7-20(23)21-16-22(21)24(28)26-11-13-27(14-12-26)31(29,30)19-10-9-17-5-1-2-6-18(17)15-19/h1-10,15,21-22H,11-14,16H2. The van der Waals surface area contributed by atoms with Gasteiger partial charge in [0.25, 0.3) is 0 Å². The summed E-state index contributed by atoms with van der Waals surface area (Å²) in [5, 5.41) is 1.87. The maximum Gasteiger partial charge on any atom is 0.243 e. The van der Waals surface area contributed by atoms with E-state index < -0.39 is 10.0 Å². The van der Waals surface area contributed by atoms with E-state index in [1.54, 1.807) is 35.2 Å². The summed E-state index contributed by atoms with van der Waals surface area (Å²) >= 11 is 0. The molecule has 5 rings (SSSR count). The van der Waals surface area contributed by atoms with E-state index in [1.807, 2.05) is 30.3 Å². The molecule has 1 saturated heterocycles. The summed E-state index contributed by atoms with van der Waals surface area (Å²) in [5.74, 6) is -0.557. The minimum Gasteiger partial charge on any atom is -0.340 e. The molecule has 1 amide bonds. The van der Waals surface area contributed by atoms with Gasteiger partial charge in [-0.3, -0.25) is 4.79 Å². The number of rotatable bonds is 4. The summed E-state index contributed by atoms with van der Waals surface area (Å²) < 4.78 is 41.7. The van der Waals surface area contributed by atoms with Crippen molar-refractivity contribution in [1.29, 1.82) is 0 Å². The van der Waals surface area contributed by atoms with Crippen molar-refractivity contribution in [3.8, 4) is 0 Å². The Morgan fingerprint density at radius 1 is 0.871 bits per heavy atom. The molecule has 3 aromatic rings. The molecule has 7 heteroatoms. The van der Waals surface area contributed by atoms with Crippen molar-refractivity contribution in [2.45, 2.75) is 17.2 Å². The molecule has 2 fully saturated rings. The lowest BCUT2D eigenvalue weighted by molar-refractivity contribution is -0.133. The average Bonchev–Trinajstić information content (AvgIpc) is 3.59. The highest BCUT2D eigenvalue weighted by Gasteiger charge is 2.47. The molecule has 5 nitrogen and oxygen atoms in total. The highest BCUT2D eigenvalue weighted by molar-refractivity contribution is 7.89. The Balaban J connectivity index is 1.25. The van der Waals surface area contributed by atoms with Gasteiger partial charge in [0.05, 0.1) is 4.90 Å². The molecule has 1 saturated carbocycles. The zero-order valence-electron chi connectivity index (χ0n) is 16.9. The summed E-state index contributed by atoms with van der Waals surface area (Å²) in [4.78, 5) is 14.9. The maximum absolute atomic E-state index is 14.0. The summed E-state index contributed by atoms with van der Waals surface area (Å²) in [6, 6.07) is 19.4. The fourth-order valence-electron chi connectivity index (χ4n) is 4.45. The number of carbonyl (C=O) groups is 1. The van der Waals surface area contributed by atoms with Crippen molar-refractivity contribution in [2.75, 3.05) is 26.2 Å². The highest BCUT2D eigenvalue weighted by atomic mass is 32.2. The van der Waals surface area contributed by atoms with E-state index in [0.29, 0.717) is 25.1 Å². The number of nitrogens with zero attached hydrogens (tertiary/aromatic N) is 2. The van der Waals surface area contributed by atoms with Crippen LogP contribution >= 0.6 is 0 Å². The van der Waals surface area contributed by atoms with E-state index in [0.717, 1.165) is 10.8 Å². The van der Waals surface area contributed by atoms with Gasteiger partial charge in [-0.1, -0.05) is 48.5 Å². The molecule has 2 aliphatic rings. The number of carbonyl (C=O) groups excluding carboxylic acids is 1. The monoisotopic (exact) mass is 438 g/mol. The van der Waals surface area contributed by atoms with Gasteiger partial charge in [0.15, 0.2) is 0 Å². The molecule has 3 aromatic carbocycles. The van der Waals surface area contributed by atoms with Crippen LogP contribution in [0.2, 0.25) is 0 Å². The number of piperazine rings is 1. The molecule has 160 valence electrons. The summed E-state index contributed by atoms with van der Waals surface area (Å²) in [6.45, 7) is 1.23. The number of amides is 1. The van der Waals surface area contributed by atoms with Gasteiger partial charge in [-0.05, 0) is 46.9 Å². The van der Waals surface area contributed by atoms with E-state index in [9.17, 15) is 17.6 Å². The van der Waals surface area contributed by atoms with Gasteiger partial charge < -0.3 is 4.90 Å². The zero-order chi connectivity index (χ0) is 21.6. The van der Waals surface area contributed by atoms with Gasteiger partial charge in [0.1, 0.15) is 5.82 Å². The number of fused-ring (bicyclic) bond motifs is 1. The molecular formula is C24H23FN2O3S. The Labute approximate surface area is 181 Å². The topological polar surface area (TPSA) is 57.7 Å². The molecular weight excluding hydrogens is 415 g/mol. The second-order valence-electron chi connectivity index (χ2n) is 8.21. The molecule has 0 bridgehead atoms. The van der Waals surface area contributed by atoms with Crippen molar-refractivity contribution in [3.63, 3.8) is 0 Å². The molecule has 2 atom stereocenters. The number of hydrogen-bond acceptors (Lipinski definition) is 3. The van der Waals surface area contributed by atoms with Crippen LogP contribution in [-0.4, -0.2) is 49.7 Å². The minimum atomic E-state index is -3.62. The smallest absolute Gasteiger partial charge is 0.243 e. The lowest BCUT2D eigenvalue weighted by Gasteiger charge is -2.34. The molecule has 1 aliphatic heterocycles. The van der Waals surface area contributed by atoms with Crippen molar-refractivity contribution in [1.82, 2.24) is 9.21 Å². The summed E-state index contributed by atoms with van der Waals surface area (Å²) in [7, 11) is -3.62. The Bertz CT molecular complexity index is 1250. The van der Waals surface area contributed by atoms with Crippen LogP contribution in [0.25, 0.3) is 10.8 Å². The average molecular weight is 439 g/mol. The van der Waals surface area contributed by atoms with Crippen LogP contribution in [0.15, 0.2) is 71.6 Å². The Morgan fingerprint density at radius 2 is 1.55 bits per heavy atom. The van der Waals surface area contributed by atoms with Crippen LogP contribution in [0.1, 0.15) is 17.9 Å². The van der Waals surface area contributed by atoms with E-state index in [2.05, 4.69) is 0 Å².